The van der Waals surface area contributed by atoms with Crippen molar-refractivity contribution in [2.75, 3.05) is 7.18 Å². The average molecular weight is 180 g/mol. The van der Waals surface area contributed by atoms with E-state index < -0.39 is 0 Å². The highest BCUT2D eigenvalue weighted by molar-refractivity contribution is 5.35. The van der Waals surface area contributed by atoms with Gasteiger partial charge in [-0.15, -0.1) is 0 Å². The molecule has 0 aromatic heterocycles. The van der Waals surface area contributed by atoms with Crippen LogP contribution in [0.1, 0.15) is 29.5 Å². The predicted molar refractivity (Wildman–Crippen MR) is 54.9 cm³/mol. The zero-order chi connectivity index (χ0) is 9.68. The second kappa shape index (κ2) is 5.00. The third-order valence-electron chi connectivity index (χ3n) is 2.63. The Balaban J connectivity index is 0.000000396. The van der Waals surface area contributed by atoms with Gasteiger partial charge in [-0.2, -0.15) is 0 Å². The van der Waals surface area contributed by atoms with Gasteiger partial charge in [0.1, 0.15) is 0 Å². The van der Waals surface area contributed by atoms with Crippen molar-refractivity contribution in [1.29, 1.82) is 0 Å². The number of hydrogen-bond acceptors (Lipinski definition) is 0. The van der Waals surface area contributed by atoms with Gasteiger partial charge in [0.05, 0.1) is 7.18 Å². The lowest BCUT2D eigenvalue weighted by Crippen LogP contribution is -2.03. The minimum atomic E-state index is 0.500. The second-order valence-corrected chi connectivity index (χ2v) is 3.42. The number of fused-ring (bicyclic) bond motifs is 1. The van der Waals surface area contributed by atoms with E-state index in [4.69, 9.17) is 0 Å². The van der Waals surface area contributed by atoms with Crippen LogP contribution in [0, 0.1) is 6.92 Å². The second-order valence-electron chi connectivity index (χ2n) is 3.42. The molecule has 0 fully saturated rings. The van der Waals surface area contributed by atoms with Crippen molar-refractivity contribution in [1.82, 2.24) is 0 Å². The number of halogens is 1. The summed E-state index contributed by atoms with van der Waals surface area (Å²) < 4.78 is 9.50. The molecule has 0 amide bonds. The van der Waals surface area contributed by atoms with E-state index in [1.54, 1.807) is 11.1 Å². The molecular weight excluding hydrogens is 163 g/mol. The molecule has 1 aromatic carbocycles. The first-order valence-corrected chi connectivity index (χ1v) is 4.83. The SMILES string of the molecule is CF.Cc1cccc2c1CCCC2. The summed E-state index contributed by atoms with van der Waals surface area (Å²) in [5, 5.41) is 0. The Morgan fingerprint density at radius 3 is 2.46 bits per heavy atom. The predicted octanol–water partition coefficient (Wildman–Crippen LogP) is 3.46. The fraction of sp³-hybridized carbons (Fsp3) is 0.500. The van der Waals surface area contributed by atoms with E-state index in [9.17, 15) is 4.39 Å². The molecule has 0 bridgehead atoms. The molecular formula is C12H17F. The molecule has 0 radical (unpaired) electrons. The Morgan fingerprint density at radius 1 is 1.08 bits per heavy atom. The summed E-state index contributed by atoms with van der Waals surface area (Å²) in [4.78, 5) is 0. The molecule has 0 heterocycles. The molecule has 1 heteroatoms. The maximum absolute atomic E-state index is 9.50. The third-order valence-corrected chi connectivity index (χ3v) is 2.63. The monoisotopic (exact) mass is 180 g/mol. The molecule has 1 aliphatic carbocycles. The Morgan fingerprint density at radius 2 is 1.77 bits per heavy atom. The molecule has 0 unspecified atom stereocenters. The van der Waals surface area contributed by atoms with E-state index in [0.29, 0.717) is 7.18 Å². The minimum absolute atomic E-state index is 0.500. The van der Waals surface area contributed by atoms with Crippen LogP contribution < -0.4 is 0 Å². The summed E-state index contributed by atoms with van der Waals surface area (Å²) in [6.07, 6.45) is 5.38. The van der Waals surface area contributed by atoms with E-state index in [1.165, 1.54) is 31.2 Å². The van der Waals surface area contributed by atoms with Crippen LogP contribution in [0.5, 0.6) is 0 Å². The summed E-state index contributed by atoms with van der Waals surface area (Å²) in [5.74, 6) is 0. The first-order valence-electron chi connectivity index (χ1n) is 4.83. The van der Waals surface area contributed by atoms with Gasteiger partial charge in [-0.1, -0.05) is 18.2 Å². The normalized spacial score (nSPS) is 14.1. The highest BCUT2D eigenvalue weighted by Crippen LogP contribution is 2.23. The number of hydrogen-bond donors (Lipinski definition) is 0. The zero-order valence-electron chi connectivity index (χ0n) is 8.44. The first kappa shape index (κ1) is 10.2. The van der Waals surface area contributed by atoms with Crippen LogP contribution in [0.25, 0.3) is 0 Å². The van der Waals surface area contributed by atoms with Crippen molar-refractivity contribution in [2.45, 2.75) is 32.6 Å². The maximum Gasteiger partial charge on any atom is 0.0785 e. The molecule has 72 valence electrons. The molecule has 1 aromatic rings. The smallest absolute Gasteiger partial charge is 0.0785 e. The fourth-order valence-electron chi connectivity index (χ4n) is 1.97. The third kappa shape index (κ3) is 2.30. The van der Waals surface area contributed by atoms with Crippen LogP contribution >= 0.6 is 0 Å². The van der Waals surface area contributed by atoms with Gasteiger partial charge in [-0.05, 0) is 49.3 Å². The lowest BCUT2D eigenvalue weighted by atomic mass is 9.89. The molecule has 0 N–H and O–H groups in total. The van der Waals surface area contributed by atoms with Crippen molar-refractivity contribution in [3.8, 4) is 0 Å². The van der Waals surface area contributed by atoms with Gasteiger partial charge in [0.15, 0.2) is 0 Å². The zero-order valence-corrected chi connectivity index (χ0v) is 8.44. The van der Waals surface area contributed by atoms with Crippen molar-refractivity contribution >= 4 is 0 Å². The maximum atomic E-state index is 9.50. The standard InChI is InChI=1S/C11H14.CH3F/c1-9-5-4-7-10-6-2-3-8-11(9)10;1-2/h4-5,7H,2-3,6,8H2,1H3;1H3. The lowest BCUT2D eigenvalue weighted by Gasteiger charge is -2.17. The fourth-order valence-corrected chi connectivity index (χ4v) is 1.97. The Hall–Kier alpha value is -0.850. The molecule has 13 heavy (non-hydrogen) atoms. The molecule has 2 rings (SSSR count). The largest absolute Gasteiger partial charge is 0.255 e. The van der Waals surface area contributed by atoms with Gasteiger partial charge >= 0.3 is 0 Å². The Labute approximate surface area is 79.8 Å². The first-order chi connectivity index (χ1) is 6.38. The average Bonchev–Trinajstić information content (AvgIpc) is 2.22. The van der Waals surface area contributed by atoms with Gasteiger partial charge < -0.3 is 0 Å². The van der Waals surface area contributed by atoms with Crippen molar-refractivity contribution in [3.05, 3.63) is 34.9 Å². The summed E-state index contributed by atoms with van der Waals surface area (Å²) in [6.45, 7) is 2.23. The van der Waals surface area contributed by atoms with Gasteiger partial charge in [0.25, 0.3) is 0 Å². The Bertz CT molecular complexity index is 266. The van der Waals surface area contributed by atoms with Crippen LogP contribution in [-0.4, -0.2) is 7.18 Å². The Kier molecular flexibility index (Phi) is 3.94. The van der Waals surface area contributed by atoms with E-state index in [-0.39, 0.29) is 0 Å². The molecule has 0 saturated carbocycles. The van der Waals surface area contributed by atoms with E-state index in [1.807, 2.05) is 0 Å². The van der Waals surface area contributed by atoms with E-state index in [0.717, 1.165) is 0 Å². The van der Waals surface area contributed by atoms with Crippen LogP contribution in [0.2, 0.25) is 0 Å². The van der Waals surface area contributed by atoms with E-state index in [2.05, 4.69) is 25.1 Å². The van der Waals surface area contributed by atoms with Gasteiger partial charge in [0.2, 0.25) is 0 Å². The highest BCUT2D eigenvalue weighted by atomic mass is 19.1. The minimum Gasteiger partial charge on any atom is -0.255 e. The van der Waals surface area contributed by atoms with Crippen molar-refractivity contribution < 1.29 is 4.39 Å². The number of benzene rings is 1. The molecule has 0 spiro atoms. The van der Waals surface area contributed by atoms with Crippen LogP contribution in [-0.2, 0) is 12.8 Å². The van der Waals surface area contributed by atoms with Gasteiger partial charge in [-0.25, -0.2) is 0 Å². The number of rotatable bonds is 0. The van der Waals surface area contributed by atoms with Crippen molar-refractivity contribution in [3.63, 3.8) is 0 Å². The van der Waals surface area contributed by atoms with Crippen LogP contribution in [0.3, 0.4) is 0 Å². The topological polar surface area (TPSA) is 0 Å². The quantitative estimate of drug-likeness (QED) is 0.573. The number of aryl methyl sites for hydroxylation is 2. The molecule has 0 aliphatic heterocycles. The van der Waals surface area contributed by atoms with Crippen LogP contribution in [0.15, 0.2) is 18.2 Å². The summed E-state index contributed by atoms with van der Waals surface area (Å²) in [6, 6.07) is 6.69. The summed E-state index contributed by atoms with van der Waals surface area (Å²) in [7, 11) is 0.500. The highest BCUT2D eigenvalue weighted by Gasteiger charge is 2.09. The van der Waals surface area contributed by atoms with Crippen molar-refractivity contribution in [2.24, 2.45) is 0 Å². The molecule has 0 saturated heterocycles. The number of alkyl halides is 1. The van der Waals surface area contributed by atoms with Gasteiger partial charge in [0, 0.05) is 0 Å². The van der Waals surface area contributed by atoms with Crippen LogP contribution in [0.4, 0.5) is 4.39 Å². The summed E-state index contributed by atoms with van der Waals surface area (Å²) >= 11 is 0. The molecule has 0 atom stereocenters. The van der Waals surface area contributed by atoms with Gasteiger partial charge in [-0.3, -0.25) is 4.39 Å². The summed E-state index contributed by atoms with van der Waals surface area (Å²) in [5.41, 5.74) is 4.71. The van der Waals surface area contributed by atoms with E-state index >= 15 is 0 Å². The lowest BCUT2D eigenvalue weighted by molar-refractivity contribution is 0.636. The molecule has 1 aliphatic rings. The molecule has 0 nitrogen and oxygen atoms in total.